The van der Waals surface area contributed by atoms with Crippen LogP contribution in [-0.2, 0) is 19.4 Å². The van der Waals surface area contributed by atoms with Gasteiger partial charge in [0, 0.05) is 12.4 Å². The summed E-state index contributed by atoms with van der Waals surface area (Å²) in [6.45, 7) is 2.58. The Bertz CT molecular complexity index is 776. The summed E-state index contributed by atoms with van der Waals surface area (Å²) in [5.74, 6) is -3.26. The highest BCUT2D eigenvalue weighted by molar-refractivity contribution is 7.93. The van der Waals surface area contributed by atoms with Crippen LogP contribution in [0.15, 0.2) is 24.5 Å². The SMILES string of the molecule is CC1(C)[C@H](C(=O)O)N2C(=O)[C@@H]([C@@H](O)c3cccnc3)[C@H]2S1(=O)=O. The lowest BCUT2D eigenvalue weighted by atomic mass is 9.85. The van der Waals surface area contributed by atoms with Crippen molar-refractivity contribution in [3.63, 3.8) is 0 Å². The van der Waals surface area contributed by atoms with Crippen LogP contribution in [0.3, 0.4) is 0 Å². The molecule has 1 amide bonds. The minimum atomic E-state index is -3.95. The van der Waals surface area contributed by atoms with Gasteiger partial charge in [0.25, 0.3) is 0 Å². The van der Waals surface area contributed by atoms with Crippen molar-refractivity contribution in [3.8, 4) is 0 Å². The van der Waals surface area contributed by atoms with E-state index in [-0.39, 0.29) is 0 Å². The van der Waals surface area contributed by atoms with Crippen molar-refractivity contribution in [1.29, 1.82) is 0 Å². The molecule has 0 aliphatic carbocycles. The molecular weight excluding hydrogens is 324 g/mol. The van der Waals surface area contributed by atoms with Crippen LogP contribution in [0.25, 0.3) is 0 Å². The lowest BCUT2D eigenvalue weighted by Gasteiger charge is -2.44. The summed E-state index contributed by atoms with van der Waals surface area (Å²) in [4.78, 5) is 28.5. The molecule has 3 rings (SSSR count). The number of carbonyl (C=O) groups is 2. The summed E-state index contributed by atoms with van der Waals surface area (Å²) < 4.78 is 23.8. The summed E-state index contributed by atoms with van der Waals surface area (Å²) in [5, 5.41) is 18.4. The number of amides is 1. The Kier molecular flexibility index (Phi) is 3.28. The molecular formula is C14H16N2O6S. The summed E-state index contributed by atoms with van der Waals surface area (Å²) in [6.07, 6.45) is 1.48. The number of β-lactam (4-membered cyclic amide) rings is 1. The molecule has 0 spiro atoms. The predicted octanol–water partition coefficient (Wildman–Crippen LogP) is -0.440. The molecule has 2 saturated heterocycles. The first-order valence-corrected chi connectivity index (χ1v) is 8.53. The number of pyridine rings is 1. The smallest absolute Gasteiger partial charge is 0.328 e. The summed E-state index contributed by atoms with van der Waals surface area (Å²) >= 11 is 0. The van der Waals surface area contributed by atoms with Crippen LogP contribution >= 0.6 is 0 Å². The zero-order valence-corrected chi connectivity index (χ0v) is 13.3. The van der Waals surface area contributed by atoms with E-state index in [1.807, 2.05) is 0 Å². The number of carboxylic acids is 1. The monoisotopic (exact) mass is 340 g/mol. The van der Waals surface area contributed by atoms with E-state index in [1.165, 1.54) is 32.3 Å². The number of carboxylic acid groups (broad SMARTS) is 1. The number of sulfone groups is 1. The van der Waals surface area contributed by atoms with Crippen molar-refractivity contribution in [2.24, 2.45) is 5.92 Å². The second-order valence-corrected chi connectivity index (χ2v) is 8.91. The van der Waals surface area contributed by atoms with Gasteiger partial charge in [-0.3, -0.25) is 9.78 Å². The molecule has 8 nitrogen and oxygen atoms in total. The molecule has 23 heavy (non-hydrogen) atoms. The van der Waals surface area contributed by atoms with E-state index >= 15 is 0 Å². The Morgan fingerprint density at radius 2 is 2.09 bits per heavy atom. The number of aliphatic hydroxyl groups is 1. The summed E-state index contributed by atoms with van der Waals surface area (Å²) in [5.41, 5.74) is 0.317. The topological polar surface area (TPSA) is 125 Å². The van der Waals surface area contributed by atoms with Crippen LogP contribution in [0.4, 0.5) is 0 Å². The van der Waals surface area contributed by atoms with E-state index in [0.717, 1.165) is 4.90 Å². The Labute approximate surface area is 132 Å². The van der Waals surface area contributed by atoms with Crippen molar-refractivity contribution in [1.82, 2.24) is 9.88 Å². The molecule has 1 aromatic rings. The maximum absolute atomic E-state index is 12.7. The van der Waals surface area contributed by atoms with Crippen LogP contribution in [0, 0.1) is 5.92 Å². The van der Waals surface area contributed by atoms with Crippen molar-refractivity contribution in [2.45, 2.75) is 36.1 Å². The Hall–Kier alpha value is -2.00. The van der Waals surface area contributed by atoms with Crippen LogP contribution < -0.4 is 0 Å². The molecule has 1 aromatic heterocycles. The third-order valence-corrected chi connectivity index (χ3v) is 7.55. The number of aliphatic carboxylic acids is 1. The highest BCUT2D eigenvalue weighted by Gasteiger charge is 2.73. The second-order valence-electron chi connectivity index (χ2n) is 6.28. The van der Waals surface area contributed by atoms with Crippen molar-refractivity contribution < 1.29 is 28.2 Å². The van der Waals surface area contributed by atoms with Crippen molar-refractivity contribution in [3.05, 3.63) is 30.1 Å². The average Bonchev–Trinajstić information content (AvgIpc) is 2.62. The highest BCUT2D eigenvalue weighted by Crippen LogP contribution is 2.51. The van der Waals surface area contributed by atoms with Crippen molar-refractivity contribution in [2.75, 3.05) is 0 Å². The first-order valence-electron chi connectivity index (χ1n) is 6.99. The van der Waals surface area contributed by atoms with Gasteiger partial charge in [-0.05, 0) is 25.5 Å². The predicted molar refractivity (Wildman–Crippen MR) is 77.7 cm³/mol. The van der Waals surface area contributed by atoms with Gasteiger partial charge in [-0.2, -0.15) is 0 Å². The minimum absolute atomic E-state index is 0.317. The number of nitrogens with zero attached hydrogens (tertiary/aromatic N) is 2. The fourth-order valence-electron chi connectivity index (χ4n) is 3.39. The number of carbonyl (C=O) groups excluding carboxylic acids is 1. The highest BCUT2D eigenvalue weighted by atomic mass is 32.2. The summed E-state index contributed by atoms with van der Waals surface area (Å²) in [6, 6.07) is 1.64. The molecule has 2 N–H and O–H groups in total. The number of hydrogen-bond donors (Lipinski definition) is 2. The van der Waals surface area contributed by atoms with Crippen LogP contribution in [0.5, 0.6) is 0 Å². The first-order chi connectivity index (χ1) is 10.6. The number of rotatable bonds is 3. The van der Waals surface area contributed by atoms with Gasteiger partial charge in [0.05, 0.1) is 10.9 Å². The standard InChI is InChI=1S/C14H16N2O6S/c1-14(2)10(13(19)20)16-11(18)8(12(16)23(14,21)22)9(17)7-4-3-5-15-6-7/h3-6,8-10,12,17H,1-2H3,(H,19,20)/t8-,9+,10+,12-/m1/s1. The fraction of sp³-hybridized carbons (Fsp3) is 0.500. The number of aromatic nitrogens is 1. The third-order valence-electron chi connectivity index (χ3n) is 4.71. The molecule has 0 unspecified atom stereocenters. The normalized spacial score (nSPS) is 32.0. The fourth-order valence-corrected chi connectivity index (χ4v) is 5.72. The van der Waals surface area contributed by atoms with Gasteiger partial charge in [0.2, 0.25) is 5.91 Å². The largest absolute Gasteiger partial charge is 0.480 e. The minimum Gasteiger partial charge on any atom is -0.480 e. The van der Waals surface area contributed by atoms with E-state index < -0.39 is 49.9 Å². The zero-order chi connectivity index (χ0) is 17.2. The van der Waals surface area contributed by atoms with E-state index in [1.54, 1.807) is 6.07 Å². The van der Waals surface area contributed by atoms with Gasteiger partial charge in [0.1, 0.15) is 17.3 Å². The molecule has 0 bridgehead atoms. The quantitative estimate of drug-likeness (QED) is 0.715. The van der Waals surface area contributed by atoms with Gasteiger partial charge in [-0.15, -0.1) is 0 Å². The van der Waals surface area contributed by atoms with Gasteiger partial charge >= 0.3 is 5.97 Å². The number of aliphatic hydroxyl groups excluding tert-OH is 1. The molecule has 2 aliphatic rings. The average molecular weight is 340 g/mol. The number of hydrogen-bond acceptors (Lipinski definition) is 6. The van der Waals surface area contributed by atoms with E-state index in [4.69, 9.17) is 0 Å². The number of fused-ring (bicyclic) bond motifs is 1. The molecule has 0 saturated carbocycles. The maximum Gasteiger partial charge on any atom is 0.328 e. The molecule has 124 valence electrons. The molecule has 2 fully saturated rings. The Morgan fingerprint density at radius 1 is 1.43 bits per heavy atom. The second kappa shape index (κ2) is 4.75. The third kappa shape index (κ3) is 1.86. The molecule has 4 atom stereocenters. The Balaban J connectivity index is 2.04. The zero-order valence-electron chi connectivity index (χ0n) is 12.4. The lowest BCUT2D eigenvalue weighted by molar-refractivity contribution is -0.169. The van der Waals surface area contributed by atoms with E-state index in [9.17, 15) is 28.2 Å². The van der Waals surface area contributed by atoms with E-state index in [2.05, 4.69) is 4.98 Å². The van der Waals surface area contributed by atoms with Crippen LogP contribution in [0.1, 0.15) is 25.5 Å². The maximum atomic E-state index is 12.7. The van der Waals surface area contributed by atoms with Gasteiger partial charge in [-0.25, -0.2) is 13.2 Å². The van der Waals surface area contributed by atoms with Crippen molar-refractivity contribution >= 4 is 21.7 Å². The summed E-state index contributed by atoms with van der Waals surface area (Å²) in [7, 11) is -3.95. The molecule has 9 heteroatoms. The molecule has 2 aliphatic heterocycles. The van der Waals surface area contributed by atoms with Crippen LogP contribution in [0.2, 0.25) is 0 Å². The van der Waals surface area contributed by atoms with Gasteiger partial charge in [-0.1, -0.05) is 6.07 Å². The van der Waals surface area contributed by atoms with Crippen LogP contribution in [-0.4, -0.2) is 56.6 Å². The van der Waals surface area contributed by atoms with Gasteiger partial charge in [0.15, 0.2) is 9.84 Å². The molecule has 0 aromatic carbocycles. The molecule has 3 heterocycles. The van der Waals surface area contributed by atoms with Gasteiger partial charge < -0.3 is 15.1 Å². The first kappa shape index (κ1) is 15.9. The molecule has 0 radical (unpaired) electrons. The van der Waals surface area contributed by atoms with E-state index in [0.29, 0.717) is 5.56 Å². The lowest BCUT2D eigenvalue weighted by Crippen LogP contribution is -2.64. The Morgan fingerprint density at radius 3 is 2.61 bits per heavy atom.